The van der Waals surface area contributed by atoms with E-state index in [0.29, 0.717) is 6.54 Å². The van der Waals surface area contributed by atoms with Crippen LogP contribution in [0.3, 0.4) is 0 Å². The van der Waals surface area contributed by atoms with Crippen molar-refractivity contribution in [3.05, 3.63) is 0 Å². The summed E-state index contributed by atoms with van der Waals surface area (Å²) in [6, 6.07) is 0. The topological polar surface area (TPSA) is 70.6 Å². The summed E-state index contributed by atoms with van der Waals surface area (Å²) in [4.78, 5) is 11.5. The minimum atomic E-state index is -0.473. The van der Waals surface area contributed by atoms with Crippen molar-refractivity contribution in [1.29, 1.82) is 0 Å². The third kappa shape index (κ3) is 4.52. The van der Waals surface area contributed by atoms with Crippen LogP contribution >= 0.6 is 0 Å². The van der Waals surface area contributed by atoms with E-state index in [4.69, 9.17) is 4.74 Å². The van der Waals surface area contributed by atoms with Gasteiger partial charge >= 0.3 is 6.09 Å². The molecule has 5 heteroatoms. The number of aliphatic hydroxyl groups excluding tert-OH is 1. The predicted molar refractivity (Wildman–Crippen MR) is 65.8 cm³/mol. The SMILES string of the molecule is CC(C)(C)NC(=O)OCC1(C)CCNCC1O. The monoisotopic (exact) mass is 244 g/mol. The van der Waals surface area contributed by atoms with E-state index in [1.807, 2.05) is 27.7 Å². The van der Waals surface area contributed by atoms with Crippen molar-refractivity contribution in [3.63, 3.8) is 0 Å². The summed E-state index contributed by atoms with van der Waals surface area (Å²) in [6.07, 6.45) is -0.0973. The molecule has 1 saturated heterocycles. The van der Waals surface area contributed by atoms with Crippen LogP contribution in [0.2, 0.25) is 0 Å². The van der Waals surface area contributed by atoms with Crippen LogP contribution in [0.4, 0.5) is 4.79 Å². The molecule has 0 aromatic heterocycles. The molecule has 2 atom stereocenters. The maximum atomic E-state index is 11.5. The number of nitrogens with one attached hydrogen (secondary N) is 2. The summed E-state index contributed by atoms with van der Waals surface area (Å²) in [5.41, 5.74) is -0.648. The molecule has 1 aliphatic heterocycles. The third-order valence-corrected chi connectivity index (χ3v) is 3.03. The largest absolute Gasteiger partial charge is 0.449 e. The first-order chi connectivity index (χ1) is 7.73. The van der Waals surface area contributed by atoms with Crippen molar-refractivity contribution >= 4 is 6.09 Å². The lowest BCUT2D eigenvalue weighted by atomic mass is 9.79. The molecule has 0 aliphatic carbocycles. The molecular formula is C12H24N2O3. The van der Waals surface area contributed by atoms with Gasteiger partial charge in [-0.25, -0.2) is 4.79 Å². The number of carbonyl (C=O) groups is 1. The van der Waals surface area contributed by atoms with Gasteiger partial charge in [0.25, 0.3) is 0 Å². The van der Waals surface area contributed by atoms with Crippen molar-refractivity contribution < 1.29 is 14.6 Å². The fraction of sp³-hybridized carbons (Fsp3) is 0.917. The number of β-amino-alcohol motifs (C(OH)–C–C–N with tert-alkyl or cyclic N) is 1. The van der Waals surface area contributed by atoms with Gasteiger partial charge in [0.05, 0.1) is 6.10 Å². The Hall–Kier alpha value is -0.810. The first-order valence-electron chi connectivity index (χ1n) is 6.07. The minimum absolute atomic E-state index is 0.248. The molecule has 0 radical (unpaired) electrons. The molecule has 3 N–H and O–H groups in total. The summed E-state index contributed by atoms with van der Waals surface area (Å²) in [6.45, 7) is 9.29. The van der Waals surface area contributed by atoms with E-state index in [1.165, 1.54) is 0 Å². The molecule has 0 aromatic carbocycles. The van der Waals surface area contributed by atoms with Crippen LogP contribution in [0, 0.1) is 5.41 Å². The van der Waals surface area contributed by atoms with Crippen LogP contribution in [0.25, 0.3) is 0 Å². The number of ether oxygens (including phenoxy) is 1. The molecule has 0 spiro atoms. The van der Waals surface area contributed by atoms with Crippen LogP contribution in [-0.2, 0) is 4.74 Å². The second-order valence-electron chi connectivity index (χ2n) is 6.08. The highest BCUT2D eigenvalue weighted by Gasteiger charge is 2.36. The molecule has 0 bridgehead atoms. The van der Waals surface area contributed by atoms with E-state index in [2.05, 4.69) is 10.6 Å². The van der Waals surface area contributed by atoms with Crippen LogP contribution in [0.5, 0.6) is 0 Å². The lowest BCUT2D eigenvalue weighted by Crippen LogP contribution is -2.51. The molecule has 5 nitrogen and oxygen atoms in total. The smallest absolute Gasteiger partial charge is 0.407 e. The quantitative estimate of drug-likeness (QED) is 0.674. The highest BCUT2D eigenvalue weighted by Crippen LogP contribution is 2.28. The van der Waals surface area contributed by atoms with Gasteiger partial charge in [-0.1, -0.05) is 6.92 Å². The fourth-order valence-corrected chi connectivity index (χ4v) is 1.77. The van der Waals surface area contributed by atoms with E-state index < -0.39 is 12.2 Å². The zero-order valence-corrected chi connectivity index (χ0v) is 11.2. The summed E-state index contributed by atoms with van der Waals surface area (Å²) in [5, 5.41) is 15.7. The Morgan fingerprint density at radius 1 is 1.59 bits per heavy atom. The summed E-state index contributed by atoms with van der Waals surface area (Å²) in [7, 11) is 0. The molecule has 1 heterocycles. The van der Waals surface area contributed by atoms with E-state index >= 15 is 0 Å². The van der Waals surface area contributed by atoms with Gasteiger partial charge in [0.1, 0.15) is 6.61 Å². The van der Waals surface area contributed by atoms with Gasteiger partial charge in [-0.2, -0.15) is 0 Å². The standard InChI is InChI=1S/C12H24N2O3/c1-11(2,3)14-10(16)17-8-12(4)5-6-13-7-9(12)15/h9,13,15H,5-8H2,1-4H3,(H,14,16). The molecule has 17 heavy (non-hydrogen) atoms. The Balaban J connectivity index is 2.41. The van der Waals surface area contributed by atoms with Crippen molar-refractivity contribution in [2.24, 2.45) is 5.41 Å². The van der Waals surface area contributed by atoms with Crippen molar-refractivity contribution in [2.45, 2.75) is 45.8 Å². The zero-order valence-electron chi connectivity index (χ0n) is 11.2. The van der Waals surface area contributed by atoms with Crippen molar-refractivity contribution in [2.75, 3.05) is 19.7 Å². The van der Waals surface area contributed by atoms with Gasteiger partial charge in [0, 0.05) is 17.5 Å². The Bertz CT molecular complexity index is 275. The minimum Gasteiger partial charge on any atom is -0.449 e. The highest BCUT2D eigenvalue weighted by molar-refractivity contribution is 5.68. The lowest BCUT2D eigenvalue weighted by molar-refractivity contribution is -0.0313. The fourth-order valence-electron chi connectivity index (χ4n) is 1.77. The lowest BCUT2D eigenvalue weighted by Gasteiger charge is -2.38. The van der Waals surface area contributed by atoms with E-state index in [1.54, 1.807) is 0 Å². The number of alkyl carbamates (subject to hydrolysis) is 1. The van der Waals surface area contributed by atoms with Gasteiger partial charge in [-0.3, -0.25) is 0 Å². The molecule has 100 valence electrons. The first kappa shape index (κ1) is 14.3. The number of amides is 1. The average Bonchev–Trinajstić information content (AvgIpc) is 2.18. The molecule has 1 amide bonds. The van der Waals surface area contributed by atoms with Crippen LogP contribution < -0.4 is 10.6 Å². The van der Waals surface area contributed by atoms with E-state index in [0.717, 1.165) is 13.0 Å². The number of hydrogen-bond donors (Lipinski definition) is 3. The predicted octanol–water partition coefficient (Wildman–Crippen LogP) is 0.872. The van der Waals surface area contributed by atoms with Crippen LogP contribution in [-0.4, -0.2) is 42.5 Å². The molecule has 1 rings (SSSR count). The summed E-state index contributed by atoms with van der Waals surface area (Å²) < 4.78 is 5.19. The van der Waals surface area contributed by atoms with Crippen molar-refractivity contribution in [3.8, 4) is 0 Å². The zero-order chi connectivity index (χ0) is 13.1. The third-order valence-electron chi connectivity index (χ3n) is 3.03. The normalized spacial score (nSPS) is 29.8. The van der Waals surface area contributed by atoms with Gasteiger partial charge in [0.2, 0.25) is 0 Å². The van der Waals surface area contributed by atoms with Crippen molar-refractivity contribution in [1.82, 2.24) is 10.6 Å². The average molecular weight is 244 g/mol. The molecule has 1 aliphatic rings. The number of carbonyl (C=O) groups excluding carboxylic acids is 1. The maximum Gasteiger partial charge on any atom is 0.407 e. The van der Waals surface area contributed by atoms with Gasteiger partial charge < -0.3 is 20.5 Å². The summed E-state index contributed by atoms with van der Waals surface area (Å²) >= 11 is 0. The van der Waals surface area contributed by atoms with Gasteiger partial charge in [0.15, 0.2) is 0 Å². The molecule has 1 fully saturated rings. The maximum absolute atomic E-state index is 11.5. The number of aliphatic hydroxyl groups is 1. The first-order valence-corrected chi connectivity index (χ1v) is 6.07. The Morgan fingerprint density at radius 3 is 2.76 bits per heavy atom. The Morgan fingerprint density at radius 2 is 2.24 bits per heavy atom. The highest BCUT2D eigenvalue weighted by atomic mass is 16.5. The number of piperidine rings is 1. The van der Waals surface area contributed by atoms with Gasteiger partial charge in [-0.05, 0) is 33.7 Å². The molecule has 0 aromatic rings. The molecule has 2 unspecified atom stereocenters. The Labute approximate surface area is 103 Å². The number of hydrogen-bond acceptors (Lipinski definition) is 4. The molecular weight excluding hydrogens is 220 g/mol. The Kier molecular flexibility index (Phi) is 4.38. The summed E-state index contributed by atoms with van der Waals surface area (Å²) in [5.74, 6) is 0. The van der Waals surface area contributed by atoms with Crippen LogP contribution in [0.1, 0.15) is 34.1 Å². The van der Waals surface area contributed by atoms with Crippen LogP contribution in [0.15, 0.2) is 0 Å². The van der Waals surface area contributed by atoms with E-state index in [-0.39, 0.29) is 17.6 Å². The second-order valence-corrected chi connectivity index (χ2v) is 6.08. The van der Waals surface area contributed by atoms with Gasteiger partial charge in [-0.15, -0.1) is 0 Å². The molecule has 0 saturated carbocycles. The second kappa shape index (κ2) is 5.23. The van der Waals surface area contributed by atoms with E-state index in [9.17, 15) is 9.90 Å². The number of rotatable bonds is 2.